The molecule has 3 N–H and O–H groups in total. The summed E-state index contributed by atoms with van der Waals surface area (Å²) in [7, 11) is 1.91. The van der Waals surface area contributed by atoms with E-state index >= 15 is 0 Å². The van der Waals surface area contributed by atoms with E-state index in [1.165, 1.54) is 12.8 Å². The predicted molar refractivity (Wildman–Crippen MR) is 83.0 cm³/mol. The third kappa shape index (κ3) is 3.64. The molecule has 1 fully saturated rings. The Kier molecular flexibility index (Phi) is 5.26. The summed E-state index contributed by atoms with van der Waals surface area (Å²) < 4.78 is 0. The number of carbonyl (C=O) groups is 1. The van der Waals surface area contributed by atoms with Crippen molar-refractivity contribution in [3.63, 3.8) is 0 Å². The Morgan fingerprint density at radius 2 is 2.15 bits per heavy atom. The SMILES string of the molecule is CNCc1ccc(Cl)cc1N(CC(N)=O)C1CCCC1. The predicted octanol–water partition coefficient (Wildman–Crippen LogP) is 2.29. The van der Waals surface area contributed by atoms with Gasteiger partial charge in [0.25, 0.3) is 0 Å². The highest BCUT2D eigenvalue weighted by Gasteiger charge is 2.25. The minimum atomic E-state index is -0.299. The quantitative estimate of drug-likeness (QED) is 0.846. The van der Waals surface area contributed by atoms with Crippen LogP contribution in [0, 0.1) is 0 Å². The third-order valence-electron chi connectivity index (χ3n) is 3.82. The summed E-state index contributed by atoms with van der Waals surface area (Å²) >= 11 is 6.14. The van der Waals surface area contributed by atoms with Gasteiger partial charge in [-0.2, -0.15) is 0 Å². The van der Waals surface area contributed by atoms with Crippen molar-refractivity contribution < 1.29 is 4.79 Å². The molecule has 0 heterocycles. The van der Waals surface area contributed by atoms with E-state index in [-0.39, 0.29) is 12.5 Å². The van der Waals surface area contributed by atoms with Gasteiger partial charge in [0, 0.05) is 23.3 Å². The van der Waals surface area contributed by atoms with E-state index in [4.69, 9.17) is 17.3 Å². The van der Waals surface area contributed by atoms with E-state index in [1.807, 2.05) is 25.2 Å². The van der Waals surface area contributed by atoms with Gasteiger partial charge in [-0.3, -0.25) is 4.79 Å². The van der Waals surface area contributed by atoms with Gasteiger partial charge in [0.2, 0.25) is 5.91 Å². The van der Waals surface area contributed by atoms with Gasteiger partial charge in [0.05, 0.1) is 6.54 Å². The molecule has 1 aliphatic rings. The lowest BCUT2D eigenvalue weighted by molar-refractivity contribution is -0.116. The van der Waals surface area contributed by atoms with Crippen LogP contribution in [-0.4, -0.2) is 25.5 Å². The van der Waals surface area contributed by atoms with Crippen molar-refractivity contribution in [2.24, 2.45) is 5.73 Å². The van der Waals surface area contributed by atoms with Gasteiger partial charge in [0.15, 0.2) is 0 Å². The Morgan fingerprint density at radius 1 is 1.45 bits per heavy atom. The molecular formula is C15H22ClN3O. The molecule has 0 aliphatic heterocycles. The fourth-order valence-electron chi connectivity index (χ4n) is 2.94. The smallest absolute Gasteiger partial charge is 0.236 e. The summed E-state index contributed by atoms with van der Waals surface area (Å²) in [4.78, 5) is 13.6. The summed E-state index contributed by atoms with van der Waals surface area (Å²) in [5.74, 6) is -0.299. The summed E-state index contributed by atoms with van der Waals surface area (Å²) in [5, 5.41) is 3.84. The largest absolute Gasteiger partial charge is 0.368 e. The number of benzene rings is 1. The van der Waals surface area contributed by atoms with Crippen molar-refractivity contribution in [1.82, 2.24) is 5.32 Å². The molecule has 1 aromatic carbocycles. The lowest BCUT2D eigenvalue weighted by Crippen LogP contribution is -2.41. The molecule has 2 rings (SSSR count). The Hall–Kier alpha value is -1.26. The maximum atomic E-state index is 11.4. The maximum absolute atomic E-state index is 11.4. The first kappa shape index (κ1) is 15.1. The highest BCUT2D eigenvalue weighted by molar-refractivity contribution is 6.30. The zero-order chi connectivity index (χ0) is 14.5. The van der Waals surface area contributed by atoms with Crippen LogP contribution in [0.15, 0.2) is 18.2 Å². The number of carbonyl (C=O) groups excluding carboxylic acids is 1. The molecule has 1 saturated carbocycles. The fourth-order valence-corrected chi connectivity index (χ4v) is 3.11. The Balaban J connectivity index is 2.35. The van der Waals surface area contributed by atoms with Crippen molar-refractivity contribution in [2.45, 2.75) is 38.3 Å². The molecule has 0 unspecified atom stereocenters. The summed E-state index contributed by atoms with van der Waals surface area (Å²) in [6.45, 7) is 0.996. The number of nitrogens with one attached hydrogen (secondary N) is 1. The Labute approximate surface area is 125 Å². The molecule has 0 radical (unpaired) electrons. The molecule has 1 aliphatic carbocycles. The molecule has 1 amide bonds. The zero-order valence-electron chi connectivity index (χ0n) is 11.9. The van der Waals surface area contributed by atoms with Crippen LogP contribution < -0.4 is 16.0 Å². The third-order valence-corrected chi connectivity index (χ3v) is 4.05. The number of nitrogens with two attached hydrogens (primary N) is 1. The van der Waals surface area contributed by atoms with Crippen molar-refractivity contribution >= 4 is 23.2 Å². The molecule has 5 heteroatoms. The summed E-state index contributed by atoms with van der Waals surface area (Å²) in [6.07, 6.45) is 4.64. The molecule has 1 aromatic rings. The molecular weight excluding hydrogens is 274 g/mol. The van der Waals surface area contributed by atoms with Crippen LogP contribution in [0.5, 0.6) is 0 Å². The molecule has 0 aromatic heterocycles. The van der Waals surface area contributed by atoms with Gasteiger partial charge >= 0.3 is 0 Å². The number of primary amides is 1. The van der Waals surface area contributed by atoms with Crippen LogP contribution in [-0.2, 0) is 11.3 Å². The van der Waals surface area contributed by atoms with Crippen molar-refractivity contribution in [1.29, 1.82) is 0 Å². The van der Waals surface area contributed by atoms with E-state index in [2.05, 4.69) is 10.2 Å². The molecule has 0 bridgehead atoms. The maximum Gasteiger partial charge on any atom is 0.236 e. The minimum absolute atomic E-state index is 0.252. The fraction of sp³-hybridized carbons (Fsp3) is 0.533. The molecule has 0 saturated heterocycles. The average Bonchev–Trinajstić information content (AvgIpc) is 2.92. The van der Waals surface area contributed by atoms with Crippen LogP contribution >= 0.6 is 11.6 Å². The van der Waals surface area contributed by atoms with E-state index in [9.17, 15) is 4.79 Å². The summed E-state index contributed by atoms with van der Waals surface area (Å²) in [6, 6.07) is 6.22. The van der Waals surface area contributed by atoms with Gasteiger partial charge in [-0.05, 0) is 37.6 Å². The van der Waals surface area contributed by atoms with E-state index < -0.39 is 0 Å². The highest BCUT2D eigenvalue weighted by atomic mass is 35.5. The zero-order valence-corrected chi connectivity index (χ0v) is 12.6. The van der Waals surface area contributed by atoms with Gasteiger partial charge in [-0.15, -0.1) is 0 Å². The van der Waals surface area contributed by atoms with Gasteiger partial charge < -0.3 is 16.0 Å². The van der Waals surface area contributed by atoms with Crippen LogP contribution in [0.1, 0.15) is 31.2 Å². The second kappa shape index (κ2) is 6.95. The normalized spacial score (nSPS) is 15.5. The van der Waals surface area contributed by atoms with Crippen LogP contribution in [0.3, 0.4) is 0 Å². The number of hydrogen-bond acceptors (Lipinski definition) is 3. The lowest BCUT2D eigenvalue weighted by atomic mass is 10.1. The second-order valence-corrected chi connectivity index (χ2v) is 5.77. The van der Waals surface area contributed by atoms with Gasteiger partial charge in [-0.1, -0.05) is 30.5 Å². The Morgan fingerprint density at radius 3 is 2.75 bits per heavy atom. The number of rotatable bonds is 6. The number of hydrogen-bond donors (Lipinski definition) is 2. The standard InChI is InChI=1S/C15H22ClN3O/c1-18-9-11-6-7-12(16)8-14(11)19(10-15(17)20)13-4-2-3-5-13/h6-8,13,18H,2-5,9-10H2,1H3,(H2,17,20). The topological polar surface area (TPSA) is 58.4 Å². The number of nitrogens with zero attached hydrogens (tertiary/aromatic N) is 1. The first-order valence-electron chi connectivity index (χ1n) is 7.10. The van der Waals surface area contributed by atoms with Crippen molar-refractivity contribution in [2.75, 3.05) is 18.5 Å². The summed E-state index contributed by atoms with van der Waals surface area (Å²) in [5.41, 5.74) is 7.60. The first-order valence-corrected chi connectivity index (χ1v) is 7.47. The Bertz CT molecular complexity index is 472. The van der Waals surface area contributed by atoms with Crippen molar-refractivity contribution in [3.05, 3.63) is 28.8 Å². The highest BCUT2D eigenvalue weighted by Crippen LogP contribution is 2.32. The molecule has 20 heavy (non-hydrogen) atoms. The molecule has 4 nitrogen and oxygen atoms in total. The van der Waals surface area contributed by atoms with Crippen LogP contribution in [0.2, 0.25) is 5.02 Å². The van der Waals surface area contributed by atoms with Crippen LogP contribution in [0.4, 0.5) is 5.69 Å². The number of halogens is 1. The number of amides is 1. The molecule has 110 valence electrons. The second-order valence-electron chi connectivity index (χ2n) is 5.34. The van der Waals surface area contributed by atoms with E-state index in [0.29, 0.717) is 11.1 Å². The lowest BCUT2D eigenvalue weighted by Gasteiger charge is -2.32. The molecule has 0 atom stereocenters. The van der Waals surface area contributed by atoms with Gasteiger partial charge in [0.1, 0.15) is 0 Å². The monoisotopic (exact) mass is 295 g/mol. The van der Waals surface area contributed by atoms with Crippen molar-refractivity contribution in [3.8, 4) is 0 Å². The number of anilines is 1. The van der Waals surface area contributed by atoms with E-state index in [0.717, 1.165) is 30.6 Å². The van der Waals surface area contributed by atoms with E-state index in [1.54, 1.807) is 0 Å². The van der Waals surface area contributed by atoms with Crippen LogP contribution in [0.25, 0.3) is 0 Å². The average molecular weight is 296 g/mol. The minimum Gasteiger partial charge on any atom is -0.368 e. The van der Waals surface area contributed by atoms with Gasteiger partial charge in [-0.25, -0.2) is 0 Å². The first-order chi connectivity index (χ1) is 9.61. The molecule has 0 spiro atoms.